The van der Waals surface area contributed by atoms with Crippen LogP contribution in [0.2, 0.25) is 0 Å². The van der Waals surface area contributed by atoms with Gasteiger partial charge in [0.05, 0.1) is 12.5 Å². The molecule has 0 amide bonds. The largest absolute Gasteiger partial charge is 0.472 e. The van der Waals surface area contributed by atoms with E-state index < -0.39 is 0 Å². The zero-order valence-corrected chi connectivity index (χ0v) is 10.3. The third kappa shape index (κ3) is 3.35. The molecule has 0 bridgehead atoms. The van der Waals surface area contributed by atoms with Gasteiger partial charge < -0.3 is 9.73 Å². The van der Waals surface area contributed by atoms with Crippen LogP contribution >= 0.6 is 0 Å². The lowest BCUT2D eigenvalue weighted by atomic mass is 10.3. The molecule has 1 aromatic rings. The third-order valence-electron chi connectivity index (χ3n) is 3.14. The van der Waals surface area contributed by atoms with E-state index in [2.05, 4.69) is 24.1 Å². The van der Waals surface area contributed by atoms with Gasteiger partial charge >= 0.3 is 0 Å². The number of hydrogen-bond donors (Lipinski definition) is 1. The summed E-state index contributed by atoms with van der Waals surface area (Å²) in [4.78, 5) is 2.60. The Kier molecular flexibility index (Phi) is 4.02. The van der Waals surface area contributed by atoms with Crippen LogP contribution in [0, 0.1) is 0 Å². The monoisotopic (exact) mass is 222 g/mol. The van der Waals surface area contributed by atoms with Gasteiger partial charge in [-0.1, -0.05) is 0 Å². The zero-order chi connectivity index (χ0) is 11.4. The number of nitrogens with one attached hydrogen (secondary N) is 1. The van der Waals surface area contributed by atoms with Crippen molar-refractivity contribution >= 4 is 0 Å². The Balaban J connectivity index is 1.63. The van der Waals surface area contributed by atoms with Crippen LogP contribution in [0.4, 0.5) is 0 Å². The maximum Gasteiger partial charge on any atom is 0.0947 e. The van der Waals surface area contributed by atoms with E-state index in [0.717, 1.165) is 25.7 Å². The molecule has 90 valence electrons. The van der Waals surface area contributed by atoms with E-state index in [-0.39, 0.29) is 0 Å². The molecule has 0 saturated heterocycles. The lowest BCUT2D eigenvalue weighted by Gasteiger charge is -2.26. The smallest absolute Gasteiger partial charge is 0.0947 e. The molecular formula is C13H22N2O. The molecule has 0 aromatic carbocycles. The van der Waals surface area contributed by atoms with Crippen molar-refractivity contribution < 1.29 is 4.42 Å². The molecule has 0 atom stereocenters. The zero-order valence-electron chi connectivity index (χ0n) is 10.3. The Morgan fingerprint density at radius 2 is 2.31 bits per heavy atom. The predicted molar refractivity (Wildman–Crippen MR) is 65.3 cm³/mol. The summed E-state index contributed by atoms with van der Waals surface area (Å²) in [5.41, 5.74) is 1.22. The van der Waals surface area contributed by atoms with E-state index in [1.165, 1.54) is 18.4 Å². The van der Waals surface area contributed by atoms with E-state index in [1.807, 2.05) is 6.07 Å². The van der Waals surface area contributed by atoms with Gasteiger partial charge in [-0.15, -0.1) is 0 Å². The number of nitrogens with zero attached hydrogens (tertiary/aromatic N) is 1. The van der Waals surface area contributed by atoms with Gasteiger partial charge in [-0.25, -0.2) is 0 Å². The molecule has 1 aliphatic rings. The van der Waals surface area contributed by atoms with Crippen molar-refractivity contribution in [3.63, 3.8) is 0 Å². The Labute approximate surface area is 97.8 Å². The van der Waals surface area contributed by atoms with E-state index in [4.69, 9.17) is 4.42 Å². The van der Waals surface area contributed by atoms with Crippen molar-refractivity contribution in [3.8, 4) is 0 Å². The number of hydrogen-bond acceptors (Lipinski definition) is 3. The molecular weight excluding hydrogens is 200 g/mol. The molecule has 3 heteroatoms. The second kappa shape index (κ2) is 5.51. The molecule has 1 fully saturated rings. The fourth-order valence-corrected chi connectivity index (χ4v) is 2.10. The number of rotatable bonds is 7. The van der Waals surface area contributed by atoms with Crippen molar-refractivity contribution in [1.29, 1.82) is 0 Å². The summed E-state index contributed by atoms with van der Waals surface area (Å²) in [6.45, 7) is 7.69. The summed E-state index contributed by atoms with van der Waals surface area (Å²) in [5, 5.41) is 3.45. The summed E-state index contributed by atoms with van der Waals surface area (Å²) in [5.74, 6) is 0. The van der Waals surface area contributed by atoms with Gasteiger partial charge in [0, 0.05) is 37.3 Å². The minimum absolute atomic E-state index is 0.670. The summed E-state index contributed by atoms with van der Waals surface area (Å²) < 4.78 is 5.03. The summed E-state index contributed by atoms with van der Waals surface area (Å²) in [6.07, 6.45) is 6.30. The molecule has 1 aliphatic carbocycles. The molecule has 1 saturated carbocycles. The molecule has 0 unspecified atom stereocenters. The molecule has 1 aromatic heterocycles. The van der Waals surface area contributed by atoms with Gasteiger partial charge in [0.15, 0.2) is 0 Å². The normalized spacial score (nSPS) is 16.2. The Bertz CT molecular complexity index is 289. The fraction of sp³-hybridized carbons (Fsp3) is 0.692. The molecule has 0 aliphatic heterocycles. The first-order valence-electron chi connectivity index (χ1n) is 6.25. The van der Waals surface area contributed by atoms with E-state index >= 15 is 0 Å². The van der Waals surface area contributed by atoms with Crippen LogP contribution in [0.25, 0.3) is 0 Å². The fourth-order valence-electron chi connectivity index (χ4n) is 2.10. The Hall–Kier alpha value is -0.800. The summed E-state index contributed by atoms with van der Waals surface area (Å²) in [7, 11) is 0. The van der Waals surface area contributed by atoms with Gasteiger partial charge in [-0.2, -0.15) is 0 Å². The lowest BCUT2D eigenvalue weighted by molar-refractivity contribution is 0.211. The molecule has 0 spiro atoms. The van der Waals surface area contributed by atoms with Crippen LogP contribution < -0.4 is 5.32 Å². The first kappa shape index (κ1) is 11.7. The highest BCUT2D eigenvalue weighted by molar-refractivity contribution is 5.04. The minimum atomic E-state index is 0.670. The minimum Gasteiger partial charge on any atom is -0.472 e. The van der Waals surface area contributed by atoms with Gasteiger partial charge in [-0.3, -0.25) is 4.90 Å². The van der Waals surface area contributed by atoms with E-state index in [9.17, 15) is 0 Å². The van der Waals surface area contributed by atoms with Gasteiger partial charge in [0.25, 0.3) is 0 Å². The van der Waals surface area contributed by atoms with Crippen LogP contribution in [0.5, 0.6) is 0 Å². The first-order chi connectivity index (χ1) is 7.77. The molecule has 0 radical (unpaired) electrons. The van der Waals surface area contributed by atoms with Crippen LogP contribution in [-0.2, 0) is 6.54 Å². The SMILES string of the molecule is CC(C)N(CCNCc1ccoc1)C1CC1. The van der Waals surface area contributed by atoms with Crippen molar-refractivity contribution in [2.45, 2.75) is 45.3 Å². The maximum atomic E-state index is 5.03. The number of furan rings is 1. The quantitative estimate of drug-likeness (QED) is 0.717. The highest BCUT2D eigenvalue weighted by atomic mass is 16.3. The van der Waals surface area contributed by atoms with Crippen molar-refractivity contribution in [2.24, 2.45) is 0 Å². The summed E-state index contributed by atoms with van der Waals surface area (Å²) >= 11 is 0. The third-order valence-corrected chi connectivity index (χ3v) is 3.14. The lowest BCUT2D eigenvalue weighted by Crippen LogP contribution is -2.38. The molecule has 2 rings (SSSR count). The van der Waals surface area contributed by atoms with Crippen LogP contribution in [0.15, 0.2) is 23.0 Å². The second-order valence-corrected chi connectivity index (χ2v) is 4.87. The topological polar surface area (TPSA) is 28.4 Å². The molecule has 1 heterocycles. The van der Waals surface area contributed by atoms with Crippen molar-refractivity contribution in [3.05, 3.63) is 24.2 Å². The first-order valence-corrected chi connectivity index (χ1v) is 6.25. The average Bonchev–Trinajstić information content (AvgIpc) is 2.94. The van der Waals surface area contributed by atoms with Crippen LogP contribution in [0.3, 0.4) is 0 Å². The summed E-state index contributed by atoms with van der Waals surface area (Å²) in [6, 6.07) is 3.53. The molecule has 1 N–H and O–H groups in total. The van der Waals surface area contributed by atoms with Crippen molar-refractivity contribution in [2.75, 3.05) is 13.1 Å². The van der Waals surface area contributed by atoms with Crippen molar-refractivity contribution in [1.82, 2.24) is 10.2 Å². The van der Waals surface area contributed by atoms with Crippen LogP contribution in [0.1, 0.15) is 32.3 Å². The Morgan fingerprint density at radius 3 is 2.88 bits per heavy atom. The van der Waals surface area contributed by atoms with E-state index in [0.29, 0.717) is 6.04 Å². The second-order valence-electron chi connectivity index (χ2n) is 4.87. The van der Waals surface area contributed by atoms with Gasteiger partial charge in [0.1, 0.15) is 0 Å². The average molecular weight is 222 g/mol. The highest BCUT2D eigenvalue weighted by Gasteiger charge is 2.29. The highest BCUT2D eigenvalue weighted by Crippen LogP contribution is 2.27. The molecule has 3 nitrogen and oxygen atoms in total. The van der Waals surface area contributed by atoms with E-state index in [1.54, 1.807) is 12.5 Å². The molecule has 16 heavy (non-hydrogen) atoms. The standard InChI is InChI=1S/C13H22N2O/c1-11(2)15(13-3-4-13)7-6-14-9-12-5-8-16-10-12/h5,8,10-11,13-14H,3-4,6-7,9H2,1-2H3. The maximum absolute atomic E-state index is 5.03. The Morgan fingerprint density at radius 1 is 1.50 bits per heavy atom. The van der Waals surface area contributed by atoms with Gasteiger partial charge in [0.2, 0.25) is 0 Å². The van der Waals surface area contributed by atoms with Crippen LogP contribution in [-0.4, -0.2) is 30.1 Å². The predicted octanol–water partition coefficient (Wildman–Crippen LogP) is 2.24. The van der Waals surface area contributed by atoms with Gasteiger partial charge in [-0.05, 0) is 32.8 Å².